The molecule has 3 N–H and O–H groups in total. The van der Waals surface area contributed by atoms with Crippen LogP contribution in [0, 0.1) is 5.82 Å². The molecule has 3 rings (SSSR count). The van der Waals surface area contributed by atoms with E-state index in [4.69, 9.17) is 5.73 Å². The van der Waals surface area contributed by atoms with Crippen molar-refractivity contribution in [3.63, 3.8) is 0 Å². The molecule has 0 spiro atoms. The van der Waals surface area contributed by atoms with Gasteiger partial charge in [0.1, 0.15) is 5.82 Å². The number of nitrogens with one attached hydrogen (secondary N) is 1. The molecule has 0 bridgehead atoms. The lowest BCUT2D eigenvalue weighted by molar-refractivity contribution is -0.139. The normalized spacial score (nSPS) is 11.6. The number of fused-ring (bicyclic) bond motifs is 1. The zero-order valence-electron chi connectivity index (χ0n) is 13.3. The Morgan fingerprint density at radius 2 is 1.81 bits per heavy atom. The van der Waals surface area contributed by atoms with Crippen LogP contribution in [0.3, 0.4) is 0 Å². The van der Waals surface area contributed by atoms with E-state index in [9.17, 15) is 17.6 Å². The van der Waals surface area contributed by atoms with Crippen molar-refractivity contribution < 1.29 is 17.6 Å². The Morgan fingerprint density at radius 3 is 2.50 bits per heavy atom. The Kier molecular flexibility index (Phi) is 4.66. The van der Waals surface area contributed by atoms with Crippen molar-refractivity contribution in [1.29, 1.82) is 0 Å². The van der Waals surface area contributed by atoms with Crippen LogP contribution in [0.4, 0.5) is 28.9 Å². The molecule has 0 aliphatic heterocycles. The van der Waals surface area contributed by atoms with Crippen molar-refractivity contribution in [3.05, 3.63) is 76.5 Å². The minimum absolute atomic E-state index is 0.0671. The number of hydrogen-bond acceptors (Lipinski definition) is 2. The Morgan fingerprint density at radius 1 is 1.08 bits per heavy atom. The van der Waals surface area contributed by atoms with Crippen LogP contribution in [0.25, 0.3) is 16.5 Å². The van der Waals surface area contributed by atoms with E-state index in [0.29, 0.717) is 23.0 Å². The number of anilines is 2. The van der Waals surface area contributed by atoms with E-state index in [2.05, 4.69) is 27.8 Å². The third kappa shape index (κ3) is 3.53. The van der Waals surface area contributed by atoms with Crippen molar-refractivity contribution in [2.45, 2.75) is 6.18 Å². The predicted octanol–water partition coefficient (Wildman–Crippen LogP) is 6.43. The van der Waals surface area contributed by atoms with Gasteiger partial charge in [-0.3, -0.25) is 0 Å². The predicted molar refractivity (Wildman–Crippen MR) is 100 cm³/mol. The lowest BCUT2D eigenvalue weighted by Gasteiger charge is -2.15. The highest BCUT2D eigenvalue weighted by Crippen LogP contribution is 2.35. The lowest BCUT2D eigenvalue weighted by Crippen LogP contribution is -2.09. The first-order valence-electron chi connectivity index (χ1n) is 7.47. The number of hydrogen-bond donors (Lipinski definition) is 2. The molecule has 0 saturated carbocycles. The molecular formula is C19H13BrF4N2. The van der Waals surface area contributed by atoms with Crippen molar-refractivity contribution in [2.24, 2.45) is 0 Å². The van der Waals surface area contributed by atoms with Gasteiger partial charge in [0.25, 0.3) is 0 Å². The molecule has 3 aromatic carbocycles. The van der Waals surface area contributed by atoms with Gasteiger partial charge in [-0.1, -0.05) is 34.6 Å². The maximum atomic E-state index is 13.4. The lowest BCUT2D eigenvalue weighted by atomic mass is 10.0. The fraction of sp³-hybridized carbons (Fsp3) is 0.0526. The highest BCUT2D eigenvalue weighted by molar-refractivity contribution is 9.10. The van der Waals surface area contributed by atoms with Gasteiger partial charge in [-0.25, -0.2) is 4.39 Å². The Labute approximate surface area is 155 Å². The fourth-order valence-corrected chi connectivity index (χ4v) is 3.12. The van der Waals surface area contributed by atoms with Crippen LogP contribution in [0.15, 0.2) is 59.6 Å². The maximum Gasteiger partial charge on any atom is 0.419 e. The Balaban J connectivity index is 1.96. The second-order valence-corrected chi connectivity index (χ2v) is 6.55. The number of nitrogen functional groups attached to an aromatic ring is 1. The Hall–Kier alpha value is -2.54. The average molecular weight is 425 g/mol. The summed E-state index contributed by atoms with van der Waals surface area (Å²) in [7, 11) is 0. The number of benzene rings is 3. The highest BCUT2D eigenvalue weighted by atomic mass is 79.9. The molecule has 0 aromatic heterocycles. The monoisotopic (exact) mass is 424 g/mol. The third-order valence-electron chi connectivity index (χ3n) is 3.89. The molecule has 0 aliphatic rings. The molecule has 0 radical (unpaired) electrons. The van der Waals surface area contributed by atoms with Gasteiger partial charge in [0.05, 0.1) is 5.56 Å². The van der Waals surface area contributed by atoms with Gasteiger partial charge >= 0.3 is 6.18 Å². The van der Waals surface area contributed by atoms with E-state index in [-0.39, 0.29) is 5.69 Å². The van der Waals surface area contributed by atoms with Gasteiger partial charge in [-0.2, -0.15) is 13.2 Å². The largest absolute Gasteiger partial charge is 0.419 e. The molecule has 3 aromatic rings. The smallest absolute Gasteiger partial charge is 0.398 e. The van der Waals surface area contributed by atoms with Crippen LogP contribution in [-0.4, -0.2) is 0 Å². The summed E-state index contributed by atoms with van der Waals surface area (Å²) in [4.78, 5) is 0. The van der Waals surface area contributed by atoms with Gasteiger partial charge in [0.2, 0.25) is 0 Å². The van der Waals surface area contributed by atoms with Gasteiger partial charge in [0.15, 0.2) is 0 Å². The van der Waals surface area contributed by atoms with Crippen molar-refractivity contribution in [3.8, 4) is 0 Å². The van der Waals surface area contributed by atoms with E-state index in [1.807, 2.05) is 18.2 Å². The van der Waals surface area contributed by atoms with Crippen LogP contribution in [0.1, 0.15) is 11.1 Å². The molecule has 7 heteroatoms. The number of rotatable bonds is 3. The minimum atomic E-state index is -4.78. The molecule has 134 valence electrons. The molecule has 0 saturated heterocycles. The molecule has 0 heterocycles. The molecule has 26 heavy (non-hydrogen) atoms. The first kappa shape index (κ1) is 18.3. The highest BCUT2D eigenvalue weighted by Gasteiger charge is 2.34. The SMILES string of the molecule is C=C(Nc1ccc(F)c(C(F)(F)F)c1)c1cc2cccc(Br)c2cc1N. The van der Waals surface area contributed by atoms with Crippen LogP contribution in [0.2, 0.25) is 0 Å². The topological polar surface area (TPSA) is 38.0 Å². The molecular weight excluding hydrogens is 412 g/mol. The van der Waals surface area contributed by atoms with Gasteiger partial charge < -0.3 is 11.1 Å². The quantitative estimate of drug-likeness (QED) is 0.375. The summed E-state index contributed by atoms with van der Waals surface area (Å²) in [5.41, 5.74) is 6.07. The maximum absolute atomic E-state index is 13.4. The third-order valence-corrected chi connectivity index (χ3v) is 4.58. The number of nitrogens with two attached hydrogens (primary N) is 1. The molecule has 0 unspecified atom stereocenters. The standard InChI is InChI=1S/C19H13BrF4N2/c1-10(26-12-5-6-17(21)15(8-12)19(22,23)24)13-7-11-3-2-4-16(20)14(11)9-18(13)25/h2-9,26H,1,25H2. The van der Waals surface area contributed by atoms with Crippen LogP contribution >= 0.6 is 15.9 Å². The van der Waals surface area contributed by atoms with Crippen molar-refractivity contribution in [2.75, 3.05) is 11.1 Å². The summed E-state index contributed by atoms with van der Waals surface area (Å²) < 4.78 is 52.8. The van der Waals surface area contributed by atoms with Crippen LogP contribution in [-0.2, 0) is 6.18 Å². The zero-order chi connectivity index (χ0) is 19.1. The average Bonchev–Trinajstić information content (AvgIpc) is 2.56. The van der Waals surface area contributed by atoms with Gasteiger partial charge in [-0.15, -0.1) is 0 Å². The van der Waals surface area contributed by atoms with E-state index in [1.165, 1.54) is 6.07 Å². The van der Waals surface area contributed by atoms with Crippen molar-refractivity contribution >= 4 is 43.8 Å². The minimum Gasteiger partial charge on any atom is -0.398 e. The van der Waals surface area contributed by atoms with E-state index < -0.39 is 17.6 Å². The van der Waals surface area contributed by atoms with E-state index in [1.54, 1.807) is 12.1 Å². The molecule has 0 fully saturated rings. The number of halogens is 5. The summed E-state index contributed by atoms with van der Waals surface area (Å²) in [6.07, 6.45) is -4.78. The number of alkyl halides is 3. The first-order chi connectivity index (χ1) is 12.2. The molecule has 0 aliphatic carbocycles. The molecule has 0 atom stereocenters. The molecule has 0 amide bonds. The summed E-state index contributed by atoms with van der Waals surface area (Å²) in [5, 5.41) is 4.56. The zero-order valence-corrected chi connectivity index (χ0v) is 14.9. The summed E-state index contributed by atoms with van der Waals surface area (Å²) in [5.74, 6) is -1.33. The Bertz CT molecular complexity index is 1010. The van der Waals surface area contributed by atoms with Crippen LogP contribution < -0.4 is 11.1 Å². The fourth-order valence-electron chi connectivity index (χ4n) is 2.63. The van der Waals surface area contributed by atoms with Gasteiger partial charge in [-0.05, 0) is 47.2 Å². The molecule has 2 nitrogen and oxygen atoms in total. The van der Waals surface area contributed by atoms with Gasteiger partial charge in [0, 0.05) is 27.1 Å². The second kappa shape index (κ2) is 6.64. The van der Waals surface area contributed by atoms with Crippen molar-refractivity contribution in [1.82, 2.24) is 0 Å². The first-order valence-corrected chi connectivity index (χ1v) is 8.27. The summed E-state index contributed by atoms with van der Waals surface area (Å²) >= 11 is 3.44. The van der Waals surface area contributed by atoms with Crippen LogP contribution in [0.5, 0.6) is 0 Å². The summed E-state index contributed by atoms with van der Waals surface area (Å²) in [6.45, 7) is 3.85. The second-order valence-electron chi connectivity index (χ2n) is 5.70. The van der Waals surface area contributed by atoms with E-state index in [0.717, 1.165) is 21.3 Å². The summed E-state index contributed by atoms with van der Waals surface area (Å²) in [6, 6.07) is 11.9. The van der Waals surface area contributed by atoms with E-state index >= 15 is 0 Å².